The number of hydrogen-bond donors (Lipinski definition) is 0. The Balaban J connectivity index is 2.27. The van der Waals surface area contributed by atoms with Gasteiger partial charge in [0.15, 0.2) is 5.78 Å². The molecule has 0 amide bonds. The van der Waals surface area contributed by atoms with Gasteiger partial charge in [0.2, 0.25) is 0 Å². The molecule has 3 rings (SSSR count). The minimum Gasteiger partial charge on any atom is -0.316 e. The Morgan fingerprint density at radius 2 is 2.05 bits per heavy atom. The third kappa shape index (κ3) is 1.77. The fraction of sp³-hybridized carbons (Fsp3) is 0.250. The molecule has 0 unspecified atom stereocenters. The maximum Gasteiger partial charge on any atom is 0.164 e. The summed E-state index contributed by atoms with van der Waals surface area (Å²) in [6.07, 6.45) is 2.43. The molecule has 94 valence electrons. The van der Waals surface area contributed by atoms with Crippen LogP contribution >= 0.6 is 0 Å². The first kappa shape index (κ1) is 11.7. The molecule has 2 aromatic rings. The summed E-state index contributed by atoms with van der Waals surface area (Å²) in [5.74, 6) is 0.220. The highest BCUT2D eigenvalue weighted by atomic mass is 16.1. The van der Waals surface area contributed by atoms with Gasteiger partial charge in [0.05, 0.1) is 11.3 Å². The van der Waals surface area contributed by atoms with E-state index in [4.69, 9.17) is 0 Å². The predicted octanol–water partition coefficient (Wildman–Crippen LogP) is 3.18. The average Bonchev–Trinajstić information content (AvgIpc) is 2.76. The number of Topliss-reactive ketones (excluding diaryl/α,β-unsaturated/α-hetero) is 1. The molecule has 3 heteroatoms. The van der Waals surface area contributed by atoms with Crippen molar-refractivity contribution in [3.8, 4) is 11.8 Å². The van der Waals surface area contributed by atoms with Crippen molar-refractivity contribution in [3.63, 3.8) is 0 Å². The lowest BCUT2D eigenvalue weighted by molar-refractivity contribution is 0.0972. The van der Waals surface area contributed by atoms with Crippen LogP contribution in [-0.4, -0.2) is 10.4 Å². The van der Waals surface area contributed by atoms with Crippen LogP contribution in [0, 0.1) is 18.3 Å². The van der Waals surface area contributed by atoms with E-state index >= 15 is 0 Å². The molecule has 0 saturated heterocycles. The van der Waals surface area contributed by atoms with Crippen LogP contribution in [0.25, 0.3) is 5.69 Å². The summed E-state index contributed by atoms with van der Waals surface area (Å²) in [5.41, 5.74) is 4.41. The quantitative estimate of drug-likeness (QED) is 0.780. The highest BCUT2D eigenvalue weighted by Crippen LogP contribution is 2.29. The Morgan fingerprint density at radius 3 is 2.84 bits per heavy atom. The van der Waals surface area contributed by atoms with E-state index in [2.05, 4.69) is 10.6 Å². The smallest absolute Gasteiger partial charge is 0.164 e. The Bertz CT molecular complexity index is 704. The maximum absolute atomic E-state index is 12.0. The van der Waals surface area contributed by atoms with Crippen LogP contribution in [0.15, 0.2) is 30.3 Å². The van der Waals surface area contributed by atoms with E-state index in [1.807, 2.05) is 37.3 Å². The van der Waals surface area contributed by atoms with Crippen molar-refractivity contribution in [1.82, 2.24) is 4.57 Å². The number of para-hydroxylation sites is 1. The van der Waals surface area contributed by atoms with Crippen LogP contribution in [0.2, 0.25) is 0 Å². The second-order valence-corrected chi connectivity index (χ2v) is 4.89. The van der Waals surface area contributed by atoms with E-state index in [1.165, 1.54) is 0 Å². The van der Waals surface area contributed by atoms with Crippen LogP contribution < -0.4 is 0 Å². The summed E-state index contributed by atoms with van der Waals surface area (Å²) in [5, 5.41) is 9.23. The molecule has 0 aliphatic heterocycles. The third-order valence-electron chi connectivity index (χ3n) is 3.67. The second-order valence-electron chi connectivity index (χ2n) is 4.89. The molecule has 1 aliphatic carbocycles. The van der Waals surface area contributed by atoms with Gasteiger partial charge in [0.1, 0.15) is 6.07 Å². The van der Waals surface area contributed by atoms with Crippen LogP contribution in [0.4, 0.5) is 0 Å². The van der Waals surface area contributed by atoms with Gasteiger partial charge in [-0.2, -0.15) is 5.26 Å². The van der Waals surface area contributed by atoms with Crippen molar-refractivity contribution in [2.45, 2.75) is 26.2 Å². The van der Waals surface area contributed by atoms with Crippen molar-refractivity contribution in [3.05, 3.63) is 52.8 Å². The Labute approximate surface area is 112 Å². The molecule has 0 spiro atoms. The predicted molar refractivity (Wildman–Crippen MR) is 72.5 cm³/mol. The normalized spacial score (nSPS) is 14.0. The molecule has 0 N–H and O–H groups in total. The lowest BCUT2D eigenvalue weighted by Gasteiger charge is -2.16. The van der Waals surface area contributed by atoms with Crippen LogP contribution in [-0.2, 0) is 6.42 Å². The minimum atomic E-state index is 0.220. The standard InChI is InChI=1S/C16H14N2O/c1-11-9-13-15(7-4-8-16(13)19)18(11)14-6-3-2-5-12(14)10-17/h2-3,5-6,9H,4,7-8H2,1H3. The molecule has 3 nitrogen and oxygen atoms in total. The zero-order valence-electron chi connectivity index (χ0n) is 10.8. The SMILES string of the molecule is Cc1cc2c(n1-c1ccccc1C#N)CCCC2=O. The molecule has 1 aromatic heterocycles. The number of hydrogen-bond acceptors (Lipinski definition) is 2. The van der Waals surface area contributed by atoms with E-state index in [0.717, 1.165) is 35.5 Å². The number of nitrogens with zero attached hydrogens (tertiary/aromatic N) is 2. The molecule has 0 saturated carbocycles. The molecular weight excluding hydrogens is 236 g/mol. The number of carbonyl (C=O) groups is 1. The topological polar surface area (TPSA) is 45.8 Å². The molecule has 19 heavy (non-hydrogen) atoms. The van der Waals surface area contributed by atoms with Crippen molar-refractivity contribution < 1.29 is 4.79 Å². The molecule has 1 aromatic carbocycles. The molecule has 1 aliphatic rings. The average molecular weight is 250 g/mol. The number of fused-ring (bicyclic) bond motifs is 1. The summed E-state index contributed by atoms with van der Waals surface area (Å²) >= 11 is 0. The van der Waals surface area contributed by atoms with Crippen LogP contribution in [0.3, 0.4) is 0 Å². The van der Waals surface area contributed by atoms with Crippen LogP contribution in [0.1, 0.15) is 40.2 Å². The zero-order chi connectivity index (χ0) is 13.4. The van der Waals surface area contributed by atoms with E-state index in [1.54, 1.807) is 0 Å². The molecule has 0 radical (unpaired) electrons. The summed E-state index contributed by atoms with van der Waals surface area (Å²) in [7, 11) is 0. The lowest BCUT2D eigenvalue weighted by Crippen LogP contribution is -2.13. The summed E-state index contributed by atoms with van der Waals surface area (Å²) < 4.78 is 2.06. The Kier molecular flexibility index (Phi) is 2.72. The van der Waals surface area contributed by atoms with Gasteiger partial charge in [-0.1, -0.05) is 12.1 Å². The number of ketones is 1. The molecule has 0 bridgehead atoms. The molecular formula is C16H14N2O. The lowest BCUT2D eigenvalue weighted by atomic mass is 9.96. The number of aromatic nitrogens is 1. The maximum atomic E-state index is 12.0. The van der Waals surface area contributed by atoms with Crippen molar-refractivity contribution in [2.75, 3.05) is 0 Å². The number of rotatable bonds is 1. The highest BCUT2D eigenvalue weighted by Gasteiger charge is 2.23. The molecule has 1 heterocycles. The van der Waals surface area contributed by atoms with Gasteiger partial charge in [-0.15, -0.1) is 0 Å². The first-order valence-corrected chi connectivity index (χ1v) is 6.46. The largest absolute Gasteiger partial charge is 0.316 e. The van der Waals surface area contributed by atoms with Gasteiger partial charge in [-0.3, -0.25) is 4.79 Å². The second kappa shape index (κ2) is 4.40. The van der Waals surface area contributed by atoms with E-state index in [9.17, 15) is 10.1 Å². The first-order chi connectivity index (χ1) is 9.22. The Hall–Kier alpha value is -2.34. The monoisotopic (exact) mass is 250 g/mol. The number of nitriles is 1. The highest BCUT2D eigenvalue weighted by molar-refractivity contribution is 5.98. The number of carbonyl (C=O) groups excluding carboxylic acids is 1. The number of aryl methyl sites for hydroxylation is 1. The van der Waals surface area contributed by atoms with E-state index in [-0.39, 0.29) is 5.78 Å². The third-order valence-corrected chi connectivity index (χ3v) is 3.67. The van der Waals surface area contributed by atoms with Gasteiger partial charge in [-0.25, -0.2) is 0 Å². The first-order valence-electron chi connectivity index (χ1n) is 6.46. The van der Waals surface area contributed by atoms with Crippen LogP contribution in [0.5, 0.6) is 0 Å². The zero-order valence-corrected chi connectivity index (χ0v) is 10.8. The fourth-order valence-electron chi connectivity index (χ4n) is 2.83. The van der Waals surface area contributed by atoms with Gasteiger partial charge in [0, 0.05) is 23.4 Å². The van der Waals surface area contributed by atoms with Gasteiger partial charge >= 0.3 is 0 Å². The molecule has 0 fully saturated rings. The van der Waals surface area contributed by atoms with Crippen molar-refractivity contribution in [2.24, 2.45) is 0 Å². The fourth-order valence-corrected chi connectivity index (χ4v) is 2.83. The number of benzene rings is 1. The summed E-state index contributed by atoms with van der Waals surface area (Å²) in [6, 6.07) is 11.7. The Morgan fingerprint density at radius 1 is 1.26 bits per heavy atom. The summed E-state index contributed by atoms with van der Waals surface area (Å²) in [4.78, 5) is 12.0. The van der Waals surface area contributed by atoms with E-state index < -0.39 is 0 Å². The van der Waals surface area contributed by atoms with Crippen molar-refractivity contribution in [1.29, 1.82) is 5.26 Å². The summed E-state index contributed by atoms with van der Waals surface area (Å²) in [6.45, 7) is 1.99. The minimum absolute atomic E-state index is 0.220. The van der Waals surface area contributed by atoms with E-state index in [0.29, 0.717) is 12.0 Å². The van der Waals surface area contributed by atoms with Crippen molar-refractivity contribution >= 4 is 5.78 Å². The van der Waals surface area contributed by atoms with Gasteiger partial charge in [-0.05, 0) is 38.0 Å². The van der Waals surface area contributed by atoms with Gasteiger partial charge in [0.25, 0.3) is 0 Å². The van der Waals surface area contributed by atoms with Gasteiger partial charge < -0.3 is 4.57 Å². The molecule has 0 atom stereocenters.